The van der Waals surface area contributed by atoms with Crippen LogP contribution in [0.1, 0.15) is 25.5 Å². The van der Waals surface area contributed by atoms with Crippen LogP contribution in [0.15, 0.2) is 33.9 Å². The van der Waals surface area contributed by atoms with E-state index in [-0.39, 0.29) is 5.91 Å². The molecule has 0 spiro atoms. The van der Waals surface area contributed by atoms with Gasteiger partial charge >= 0.3 is 0 Å². The van der Waals surface area contributed by atoms with Crippen LogP contribution in [0, 0.1) is 18.3 Å². The third-order valence-electron chi connectivity index (χ3n) is 5.33. The van der Waals surface area contributed by atoms with Gasteiger partial charge in [0.2, 0.25) is 5.91 Å². The Hall–Kier alpha value is -2.13. The zero-order chi connectivity index (χ0) is 20.5. The number of halogens is 1. The van der Waals surface area contributed by atoms with Crippen LogP contribution in [0.4, 0.5) is 0 Å². The van der Waals surface area contributed by atoms with Crippen molar-refractivity contribution in [2.24, 2.45) is 5.92 Å². The summed E-state index contributed by atoms with van der Waals surface area (Å²) in [6.45, 7) is 5.76. The average Bonchev–Trinajstić information content (AvgIpc) is 3.08. The minimum atomic E-state index is 0.121. The highest BCUT2D eigenvalue weighted by molar-refractivity contribution is 9.10. The molecule has 0 saturated carbocycles. The Morgan fingerprint density at radius 3 is 2.69 bits per heavy atom. The smallest absolute Gasteiger partial charge is 0.233 e. The fraction of sp³-hybridized carbons (Fsp3) is 0.400. The van der Waals surface area contributed by atoms with E-state index in [0.29, 0.717) is 33.3 Å². The number of fused-ring (bicyclic) bond motifs is 1. The number of benzene rings is 1. The number of aromatic nitrogens is 4. The van der Waals surface area contributed by atoms with E-state index in [1.54, 1.807) is 4.57 Å². The molecule has 1 aliphatic heterocycles. The Bertz CT molecular complexity index is 1100. The first kappa shape index (κ1) is 20.2. The molecule has 152 valence electrons. The molecule has 7 nitrogen and oxygen atoms in total. The van der Waals surface area contributed by atoms with Gasteiger partial charge in [0.1, 0.15) is 5.49 Å². The highest BCUT2D eigenvalue weighted by Crippen LogP contribution is 2.24. The number of hydrogen-bond donors (Lipinski definition) is 2. The number of rotatable bonds is 4. The number of aromatic amines is 1. The van der Waals surface area contributed by atoms with Crippen LogP contribution in [0.5, 0.6) is 0 Å². The van der Waals surface area contributed by atoms with Crippen molar-refractivity contribution < 1.29 is 4.79 Å². The minimum absolute atomic E-state index is 0.121. The Labute approximate surface area is 181 Å². The van der Waals surface area contributed by atoms with Crippen LogP contribution in [0.3, 0.4) is 0 Å². The molecule has 9 heteroatoms. The molecular formula is C20H23BrN6OS. The highest BCUT2D eigenvalue weighted by atomic mass is 79.9. The Morgan fingerprint density at radius 2 is 2.00 bits per heavy atom. The standard InChI is InChI=1S/C20H23BrN6OS/c1-12-7-9-26(10-8-12)16(28)11-29-20-23-19-17(13(2)24-25-19)18(22)27(20)15-5-3-14(21)4-6-15/h3-6,12,22H,7-11H2,1-2H3,(H,24,25). The van der Waals surface area contributed by atoms with Crippen LogP contribution >= 0.6 is 27.7 Å². The molecule has 0 unspecified atom stereocenters. The lowest BCUT2D eigenvalue weighted by molar-refractivity contribution is -0.129. The van der Waals surface area contributed by atoms with Crippen molar-refractivity contribution in [3.8, 4) is 5.69 Å². The molecule has 1 fully saturated rings. The number of thioether (sulfide) groups is 1. The van der Waals surface area contributed by atoms with Gasteiger partial charge in [-0.2, -0.15) is 5.10 Å². The van der Waals surface area contributed by atoms with E-state index in [1.807, 2.05) is 36.1 Å². The average molecular weight is 475 g/mol. The number of carbonyl (C=O) groups is 1. The van der Waals surface area contributed by atoms with E-state index in [4.69, 9.17) is 5.41 Å². The van der Waals surface area contributed by atoms with Crippen LogP contribution in [-0.4, -0.2) is 49.4 Å². The Morgan fingerprint density at radius 1 is 1.31 bits per heavy atom. The summed E-state index contributed by atoms with van der Waals surface area (Å²) in [4.78, 5) is 19.3. The fourth-order valence-electron chi connectivity index (χ4n) is 3.53. The van der Waals surface area contributed by atoms with Crippen molar-refractivity contribution in [1.82, 2.24) is 24.6 Å². The molecule has 0 aliphatic carbocycles. The molecule has 4 rings (SSSR count). The summed E-state index contributed by atoms with van der Waals surface area (Å²) >= 11 is 4.82. The lowest BCUT2D eigenvalue weighted by Gasteiger charge is -2.30. The van der Waals surface area contributed by atoms with Crippen molar-refractivity contribution in [1.29, 1.82) is 5.41 Å². The molecule has 3 aromatic rings. The number of hydrogen-bond acceptors (Lipinski definition) is 5. The number of aryl methyl sites for hydroxylation is 1. The van der Waals surface area contributed by atoms with Gasteiger partial charge in [-0.05, 0) is 49.9 Å². The Balaban J connectivity index is 1.67. The van der Waals surface area contributed by atoms with Gasteiger partial charge in [-0.1, -0.05) is 34.6 Å². The topological polar surface area (TPSA) is 90.7 Å². The molecular weight excluding hydrogens is 452 g/mol. The summed E-state index contributed by atoms with van der Waals surface area (Å²) in [6, 6.07) is 7.73. The Kier molecular flexibility index (Phi) is 5.78. The zero-order valence-electron chi connectivity index (χ0n) is 16.4. The predicted octanol–water partition coefficient (Wildman–Crippen LogP) is 3.65. The summed E-state index contributed by atoms with van der Waals surface area (Å²) in [5, 5.41) is 17.2. The van der Waals surface area contributed by atoms with Crippen molar-refractivity contribution in [2.45, 2.75) is 31.8 Å². The van der Waals surface area contributed by atoms with Crippen LogP contribution in [0.25, 0.3) is 16.7 Å². The number of nitrogens with one attached hydrogen (secondary N) is 2. The lowest BCUT2D eigenvalue weighted by atomic mass is 9.99. The summed E-state index contributed by atoms with van der Waals surface area (Å²) in [7, 11) is 0. The largest absolute Gasteiger partial charge is 0.342 e. The third-order valence-corrected chi connectivity index (χ3v) is 6.78. The molecule has 0 atom stereocenters. The van der Waals surface area contributed by atoms with E-state index < -0.39 is 0 Å². The fourth-order valence-corrected chi connectivity index (χ4v) is 4.71. The highest BCUT2D eigenvalue weighted by Gasteiger charge is 2.22. The molecule has 29 heavy (non-hydrogen) atoms. The van der Waals surface area contributed by atoms with Crippen molar-refractivity contribution in [2.75, 3.05) is 18.8 Å². The number of nitrogens with zero attached hydrogens (tertiary/aromatic N) is 4. The molecule has 0 radical (unpaired) electrons. The first-order chi connectivity index (χ1) is 13.9. The van der Waals surface area contributed by atoms with E-state index in [1.165, 1.54) is 11.8 Å². The van der Waals surface area contributed by atoms with E-state index in [2.05, 4.69) is 38.0 Å². The summed E-state index contributed by atoms with van der Waals surface area (Å²) in [6.07, 6.45) is 2.12. The van der Waals surface area contributed by atoms with Gasteiger partial charge in [0.05, 0.1) is 11.1 Å². The van der Waals surface area contributed by atoms with Gasteiger partial charge in [0.15, 0.2) is 10.8 Å². The van der Waals surface area contributed by atoms with Gasteiger partial charge in [-0.3, -0.25) is 19.9 Å². The maximum Gasteiger partial charge on any atom is 0.233 e. The number of piperidine rings is 1. The van der Waals surface area contributed by atoms with Crippen LogP contribution < -0.4 is 5.49 Å². The molecule has 2 aromatic heterocycles. The summed E-state index contributed by atoms with van der Waals surface area (Å²) in [5.74, 6) is 1.10. The summed E-state index contributed by atoms with van der Waals surface area (Å²) in [5.41, 5.74) is 2.45. The summed E-state index contributed by atoms with van der Waals surface area (Å²) < 4.78 is 2.75. The van der Waals surface area contributed by atoms with Gasteiger partial charge in [-0.15, -0.1) is 0 Å². The maximum absolute atomic E-state index is 12.7. The third kappa shape index (κ3) is 4.11. The second kappa shape index (κ2) is 8.31. The van der Waals surface area contributed by atoms with E-state index >= 15 is 0 Å². The van der Waals surface area contributed by atoms with Crippen LogP contribution in [0.2, 0.25) is 0 Å². The van der Waals surface area contributed by atoms with Gasteiger partial charge in [0.25, 0.3) is 0 Å². The first-order valence-electron chi connectivity index (χ1n) is 9.63. The molecule has 2 N–H and O–H groups in total. The predicted molar refractivity (Wildman–Crippen MR) is 117 cm³/mol. The molecule has 0 bridgehead atoms. The number of H-pyrrole nitrogens is 1. The second-order valence-corrected chi connectivity index (χ2v) is 9.31. The van der Waals surface area contributed by atoms with Gasteiger partial charge < -0.3 is 4.90 Å². The van der Waals surface area contributed by atoms with Gasteiger partial charge in [-0.25, -0.2) is 4.98 Å². The normalized spacial score (nSPS) is 15.2. The van der Waals surface area contributed by atoms with Crippen LogP contribution in [-0.2, 0) is 4.79 Å². The van der Waals surface area contributed by atoms with Crippen molar-refractivity contribution in [3.05, 3.63) is 39.9 Å². The molecule has 1 aromatic carbocycles. The van der Waals surface area contributed by atoms with Gasteiger partial charge in [0, 0.05) is 28.9 Å². The molecule has 1 amide bonds. The minimum Gasteiger partial charge on any atom is -0.342 e. The molecule has 3 heterocycles. The van der Waals surface area contributed by atoms with Crippen molar-refractivity contribution >= 4 is 44.6 Å². The van der Waals surface area contributed by atoms with Crippen molar-refractivity contribution in [3.63, 3.8) is 0 Å². The number of amides is 1. The van der Waals surface area contributed by atoms with E-state index in [0.717, 1.165) is 41.8 Å². The first-order valence-corrected chi connectivity index (χ1v) is 11.4. The number of likely N-dealkylation sites (tertiary alicyclic amines) is 1. The molecule has 1 aliphatic rings. The SMILES string of the molecule is Cc1[nH]nc2nc(SCC(=O)N3CCC(C)CC3)n(-c3ccc(Br)cc3)c(=N)c12. The van der Waals surface area contributed by atoms with E-state index in [9.17, 15) is 4.79 Å². The quantitative estimate of drug-likeness (QED) is 0.445. The monoisotopic (exact) mass is 474 g/mol. The number of carbonyl (C=O) groups excluding carboxylic acids is 1. The maximum atomic E-state index is 12.7. The second-order valence-electron chi connectivity index (χ2n) is 7.45. The lowest BCUT2D eigenvalue weighted by Crippen LogP contribution is -2.39. The molecule has 1 saturated heterocycles. The zero-order valence-corrected chi connectivity index (χ0v) is 18.8.